The number of aromatic carboxylic acids is 1. The van der Waals surface area contributed by atoms with E-state index in [1.54, 1.807) is 6.07 Å². The molecule has 2 rings (SSSR count). The van der Waals surface area contributed by atoms with E-state index in [1.807, 2.05) is 13.8 Å². The second-order valence-electron chi connectivity index (χ2n) is 4.52. The molecule has 0 spiro atoms. The third-order valence-electron chi connectivity index (χ3n) is 2.66. The minimum Gasteiger partial charge on any atom is -0.477 e. The van der Waals surface area contributed by atoms with E-state index >= 15 is 0 Å². The Labute approximate surface area is 115 Å². The van der Waals surface area contributed by atoms with Crippen molar-refractivity contribution in [3.8, 4) is 0 Å². The Kier molecular flexibility index (Phi) is 3.53. The number of hydrogen-bond acceptors (Lipinski definition) is 4. The lowest BCUT2D eigenvalue weighted by Crippen LogP contribution is -2.12. The summed E-state index contributed by atoms with van der Waals surface area (Å²) in [4.78, 5) is 12.9. The average Bonchev–Trinajstić information content (AvgIpc) is 2.95. The molecule has 20 heavy (non-hydrogen) atoms. The van der Waals surface area contributed by atoms with Crippen molar-refractivity contribution in [3.63, 3.8) is 0 Å². The van der Waals surface area contributed by atoms with E-state index in [0.29, 0.717) is 0 Å². The number of aromatic amines is 2. The minimum absolute atomic E-state index is 0.159. The first-order valence-electron chi connectivity index (χ1n) is 5.79. The van der Waals surface area contributed by atoms with Gasteiger partial charge < -0.3 is 10.1 Å². The van der Waals surface area contributed by atoms with Gasteiger partial charge in [0.2, 0.25) is 0 Å². The van der Waals surface area contributed by atoms with Crippen LogP contribution in [0.2, 0.25) is 0 Å². The highest BCUT2D eigenvalue weighted by Gasteiger charge is 2.19. The van der Waals surface area contributed by atoms with Crippen molar-refractivity contribution in [2.45, 2.75) is 24.7 Å². The first-order chi connectivity index (χ1) is 9.29. The number of aromatic nitrogens is 3. The Morgan fingerprint density at radius 2 is 2.10 bits per heavy atom. The van der Waals surface area contributed by atoms with Crippen molar-refractivity contribution in [2.75, 3.05) is 4.72 Å². The lowest BCUT2D eigenvalue weighted by molar-refractivity contribution is 0.0691. The minimum atomic E-state index is -3.87. The Balaban J connectivity index is 2.23. The molecule has 0 aliphatic heterocycles. The van der Waals surface area contributed by atoms with Gasteiger partial charge >= 0.3 is 5.97 Å². The molecule has 8 nitrogen and oxygen atoms in total. The number of carboxylic acid groups (broad SMARTS) is 1. The summed E-state index contributed by atoms with van der Waals surface area (Å²) in [5, 5.41) is 15.3. The van der Waals surface area contributed by atoms with Gasteiger partial charge in [-0.15, -0.1) is 0 Å². The lowest BCUT2D eigenvalue weighted by Gasteiger charge is -2.02. The second kappa shape index (κ2) is 5.00. The number of hydrogen-bond donors (Lipinski definition) is 4. The zero-order valence-electron chi connectivity index (χ0n) is 10.8. The van der Waals surface area contributed by atoms with E-state index in [2.05, 4.69) is 19.9 Å². The van der Waals surface area contributed by atoms with Gasteiger partial charge in [0.25, 0.3) is 10.0 Å². The van der Waals surface area contributed by atoms with Crippen LogP contribution < -0.4 is 4.72 Å². The molecule has 0 atom stereocenters. The smallest absolute Gasteiger partial charge is 0.352 e. The lowest BCUT2D eigenvalue weighted by atomic mass is 10.1. The number of carbonyl (C=O) groups is 1. The zero-order valence-corrected chi connectivity index (χ0v) is 11.7. The van der Waals surface area contributed by atoms with Crippen molar-refractivity contribution < 1.29 is 18.3 Å². The van der Waals surface area contributed by atoms with Crippen LogP contribution in [0.15, 0.2) is 23.2 Å². The van der Waals surface area contributed by atoms with Gasteiger partial charge in [0, 0.05) is 18.0 Å². The molecule has 0 amide bonds. The van der Waals surface area contributed by atoms with E-state index in [-0.39, 0.29) is 22.3 Å². The molecule has 2 aromatic rings. The molecule has 0 saturated heterocycles. The summed E-state index contributed by atoms with van der Waals surface area (Å²) < 4.78 is 26.4. The van der Waals surface area contributed by atoms with E-state index in [4.69, 9.17) is 5.11 Å². The monoisotopic (exact) mass is 298 g/mol. The summed E-state index contributed by atoms with van der Waals surface area (Å²) in [5.41, 5.74) is 0.596. The molecule has 9 heteroatoms. The summed E-state index contributed by atoms with van der Waals surface area (Å²) >= 11 is 0. The second-order valence-corrected chi connectivity index (χ2v) is 6.21. The summed E-state index contributed by atoms with van der Waals surface area (Å²) in [5.74, 6) is -0.883. The molecule has 0 aliphatic carbocycles. The van der Waals surface area contributed by atoms with E-state index in [1.165, 1.54) is 0 Å². The molecule has 4 N–H and O–H groups in total. The van der Waals surface area contributed by atoms with Gasteiger partial charge in [-0.2, -0.15) is 5.10 Å². The summed E-state index contributed by atoms with van der Waals surface area (Å²) in [6.07, 6.45) is 1.11. The summed E-state index contributed by atoms with van der Waals surface area (Å²) in [7, 11) is -3.87. The third kappa shape index (κ3) is 2.82. The Morgan fingerprint density at radius 1 is 1.40 bits per heavy atom. The third-order valence-corrected chi connectivity index (χ3v) is 3.99. The fourth-order valence-electron chi connectivity index (χ4n) is 1.53. The van der Waals surface area contributed by atoms with Gasteiger partial charge in [-0.1, -0.05) is 13.8 Å². The maximum atomic E-state index is 12.0. The number of nitrogens with zero attached hydrogens (tertiary/aromatic N) is 1. The molecule has 0 bridgehead atoms. The number of sulfonamides is 1. The van der Waals surface area contributed by atoms with Crippen molar-refractivity contribution in [3.05, 3.63) is 29.7 Å². The molecule has 2 aromatic heterocycles. The SMILES string of the molecule is CC(C)c1cc(NS(=O)(=O)c2c[nH]c(C(=O)O)c2)n[nH]1. The summed E-state index contributed by atoms with van der Waals surface area (Å²) in [6.45, 7) is 3.88. The van der Waals surface area contributed by atoms with Crippen LogP contribution in [0.1, 0.15) is 35.9 Å². The average molecular weight is 298 g/mol. The molecule has 0 aromatic carbocycles. The quantitative estimate of drug-likeness (QED) is 0.662. The zero-order chi connectivity index (χ0) is 14.9. The molecule has 0 radical (unpaired) electrons. The molecular formula is C11H14N4O4S. The number of anilines is 1. The van der Waals surface area contributed by atoms with E-state index < -0.39 is 16.0 Å². The van der Waals surface area contributed by atoms with Crippen LogP contribution in [0.4, 0.5) is 5.82 Å². The maximum Gasteiger partial charge on any atom is 0.352 e. The molecule has 2 heterocycles. The van der Waals surface area contributed by atoms with Crippen molar-refractivity contribution in [1.82, 2.24) is 15.2 Å². The molecule has 0 aliphatic rings. The van der Waals surface area contributed by atoms with Crippen molar-refractivity contribution in [2.24, 2.45) is 0 Å². The Morgan fingerprint density at radius 3 is 2.60 bits per heavy atom. The van der Waals surface area contributed by atoms with Crippen LogP contribution in [0.25, 0.3) is 0 Å². The predicted octanol–water partition coefficient (Wildman–Crippen LogP) is 1.36. The Bertz CT molecular complexity index is 729. The van der Waals surface area contributed by atoms with E-state index in [0.717, 1.165) is 18.0 Å². The van der Waals surface area contributed by atoms with E-state index in [9.17, 15) is 13.2 Å². The van der Waals surface area contributed by atoms with Crippen molar-refractivity contribution >= 4 is 21.8 Å². The highest BCUT2D eigenvalue weighted by molar-refractivity contribution is 7.92. The number of H-pyrrole nitrogens is 2. The standard InChI is InChI=1S/C11H14N4O4S/c1-6(2)8-4-10(14-13-8)15-20(18,19)7-3-9(11(16)17)12-5-7/h3-6,12H,1-2H3,(H,16,17)(H2,13,14,15). The topological polar surface area (TPSA) is 128 Å². The van der Waals surface area contributed by atoms with Gasteiger partial charge in [0.15, 0.2) is 5.82 Å². The van der Waals surface area contributed by atoms with Gasteiger partial charge in [-0.25, -0.2) is 13.2 Å². The van der Waals surface area contributed by atoms with Crippen molar-refractivity contribution in [1.29, 1.82) is 0 Å². The van der Waals surface area contributed by atoms with Crippen LogP contribution >= 0.6 is 0 Å². The van der Waals surface area contributed by atoms with Crippen LogP contribution in [-0.2, 0) is 10.0 Å². The van der Waals surface area contributed by atoms with Crippen LogP contribution in [0.3, 0.4) is 0 Å². The fourth-order valence-corrected chi connectivity index (χ4v) is 2.52. The fraction of sp³-hybridized carbons (Fsp3) is 0.273. The molecule has 108 valence electrons. The number of carboxylic acids is 1. The normalized spacial score (nSPS) is 11.8. The van der Waals surface area contributed by atoms with Gasteiger partial charge in [0.05, 0.1) is 0 Å². The highest BCUT2D eigenvalue weighted by Crippen LogP contribution is 2.19. The molecule has 0 fully saturated rings. The van der Waals surface area contributed by atoms with Gasteiger partial charge in [-0.05, 0) is 12.0 Å². The first kappa shape index (κ1) is 14.1. The van der Waals surface area contributed by atoms with Gasteiger partial charge in [0.1, 0.15) is 10.6 Å². The number of rotatable bonds is 5. The Hall–Kier alpha value is -2.29. The number of nitrogens with one attached hydrogen (secondary N) is 3. The highest BCUT2D eigenvalue weighted by atomic mass is 32.2. The van der Waals surface area contributed by atoms with Crippen LogP contribution in [0.5, 0.6) is 0 Å². The first-order valence-corrected chi connectivity index (χ1v) is 7.28. The maximum absolute atomic E-state index is 12.0. The molecular weight excluding hydrogens is 284 g/mol. The molecule has 0 saturated carbocycles. The van der Waals surface area contributed by atoms with Crippen LogP contribution in [0, 0.1) is 0 Å². The van der Waals surface area contributed by atoms with Crippen LogP contribution in [-0.4, -0.2) is 34.7 Å². The largest absolute Gasteiger partial charge is 0.477 e. The summed E-state index contributed by atoms with van der Waals surface area (Å²) in [6, 6.07) is 2.63. The van der Waals surface area contributed by atoms with Gasteiger partial charge in [-0.3, -0.25) is 9.82 Å². The molecule has 0 unspecified atom stereocenters. The predicted molar refractivity (Wildman–Crippen MR) is 71.2 cm³/mol.